The van der Waals surface area contributed by atoms with E-state index >= 15 is 0 Å². The number of nitrogens with one attached hydrogen (secondary N) is 1. The number of carbonyl (C=O) groups is 1. The minimum atomic E-state index is -4.98. The maximum Gasteiger partial charge on any atom is 0.573 e. The van der Waals surface area contributed by atoms with Gasteiger partial charge in [0.2, 0.25) is 5.91 Å². The Hall–Kier alpha value is -3.11. The van der Waals surface area contributed by atoms with Crippen LogP contribution in [0.25, 0.3) is 0 Å². The van der Waals surface area contributed by atoms with Crippen LogP contribution in [0.3, 0.4) is 0 Å². The molecule has 1 fully saturated rings. The lowest BCUT2D eigenvalue weighted by Gasteiger charge is -2.41. The lowest BCUT2D eigenvalue weighted by atomic mass is 9.95. The molecule has 0 radical (unpaired) electrons. The predicted molar refractivity (Wildman–Crippen MR) is 133 cm³/mol. The zero-order chi connectivity index (χ0) is 27.0. The first-order valence-corrected chi connectivity index (χ1v) is 12.9. The molecule has 1 aliphatic heterocycles. The molecule has 202 valence electrons. The fourth-order valence-electron chi connectivity index (χ4n) is 5.27. The summed E-state index contributed by atoms with van der Waals surface area (Å²) < 4.78 is 58.0. The van der Waals surface area contributed by atoms with Gasteiger partial charge < -0.3 is 14.6 Å². The van der Waals surface area contributed by atoms with Crippen molar-refractivity contribution in [2.75, 3.05) is 13.6 Å². The van der Waals surface area contributed by atoms with E-state index in [2.05, 4.69) is 24.5 Å². The second-order valence-corrected chi connectivity index (χ2v) is 9.96. The smallest absolute Gasteiger partial charge is 0.403 e. The topological polar surface area (TPSA) is 59.4 Å². The molecule has 3 aromatic rings. The van der Waals surface area contributed by atoms with Crippen molar-refractivity contribution < 1.29 is 27.1 Å². The number of benzene rings is 2. The van der Waals surface area contributed by atoms with Crippen LogP contribution in [0, 0.1) is 5.82 Å². The number of halogens is 5. The first-order valence-electron chi connectivity index (χ1n) is 12.5. The summed E-state index contributed by atoms with van der Waals surface area (Å²) in [5.74, 6) is -0.822. The van der Waals surface area contributed by atoms with Gasteiger partial charge in [0.1, 0.15) is 11.9 Å². The molecule has 0 unspecified atom stereocenters. The molecule has 6 nitrogen and oxygen atoms in total. The number of likely N-dealkylation sites (N-methyl/N-ethyl adjacent to an activating group) is 1. The highest BCUT2D eigenvalue weighted by Gasteiger charge is 2.41. The van der Waals surface area contributed by atoms with E-state index in [0.29, 0.717) is 42.6 Å². The van der Waals surface area contributed by atoms with Gasteiger partial charge in [-0.3, -0.25) is 9.69 Å². The largest absolute Gasteiger partial charge is 0.573 e. The summed E-state index contributed by atoms with van der Waals surface area (Å²) in [4.78, 5) is 19.9. The second-order valence-electron chi connectivity index (χ2n) is 9.60. The molecule has 1 N–H and O–H groups in total. The third-order valence-corrected chi connectivity index (χ3v) is 7.38. The zero-order valence-corrected chi connectivity index (χ0v) is 21.4. The van der Waals surface area contributed by atoms with Crippen LogP contribution in [-0.2, 0) is 17.8 Å². The van der Waals surface area contributed by atoms with Gasteiger partial charge in [-0.05, 0) is 48.9 Å². The standard InChI is InChI=1S/C27H27ClF4N4O2/c1-33-26(37)22(17-5-3-2-4-6-17)35-13-14-36-23(24(28)34-25(36)18-9-10-18)20(35)11-7-16-8-12-21(19(29)15-16)38-27(30,31)32/h2-6,8,12,15,18,20,22H,7,9-11,13-14H2,1H3,(H,33,37)/t20-,22+/m0/s1. The van der Waals surface area contributed by atoms with Gasteiger partial charge in [0, 0.05) is 26.1 Å². The Balaban J connectivity index is 1.48. The predicted octanol–water partition coefficient (Wildman–Crippen LogP) is 5.93. The molecular formula is C27H27ClF4N4O2. The van der Waals surface area contributed by atoms with Crippen LogP contribution in [0.1, 0.15) is 59.9 Å². The van der Waals surface area contributed by atoms with Crippen LogP contribution in [0.4, 0.5) is 17.6 Å². The molecule has 1 aromatic heterocycles. The summed E-state index contributed by atoms with van der Waals surface area (Å²) in [6.45, 7) is 1.18. The summed E-state index contributed by atoms with van der Waals surface area (Å²) in [6.07, 6.45) is -2.10. The van der Waals surface area contributed by atoms with Gasteiger partial charge in [-0.2, -0.15) is 0 Å². The normalized spacial score (nSPS) is 18.6. The van der Waals surface area contributed by atoms with Crippen LogP contribution in [0.15, 0.2) is 48.5 Å². The number of hydrogen-bond acceptors (Lipinski definition) is 4. The number of hydrogen-bond donors (Lipinski definition) is 1. The SMILES string of the molecule is CNC(=O)[C@@H](c1ccccc1)N1CCn2c(C3CC3)nc(Cl)c2[C@@H]1CCc1ccc(OC(F)(F)F)c(F)c1. The molecule has 1 aliphatic carbocycles. The highest BCUT2D eigenvalue weighted by Crippen LogP contribution is 2.46. The molecule has 2 aromatic carbocycles. The van der Waals surface area contributed by atoms with Gasteiger partial charge >= 0.3 is 6.36 Å². The Labute approximate surface area is 222 Å². The first-order chi connectivity index (χ1) is 18.2. The number of aromatic nitrogens is 2. The molecule has 2 aliphatic rings. The third kappa shape index (κ3) is 5.51. The average molecular weight is 551 g/mol. The minimum Gasteiger partial charge on any atom is -0.403 e. The summed E-state index contributed by atoms with van der Waals surface area (Å²) in [5.41, 5.74) is 2.13. The maximum absolute atomic E-state index is 14.4. The molecule has 38 heavy (non-hydrogen) atoms. The van der Waals surface area contributed by atoms with Gasteiger partial charge in [0.25, 0.3) is 0 Å². The van der Waals surface area contributed by atoms with E-state index in [4.69, 9.17) is 11.6 Å². The lowest BCUT2D eigenvalue weighted by molar-refractivity contribution is -0.275. The Morgan fingerprint density at radius 1 is 1.18 bits per heavy atom. The quantitative estimate of drug-likeness (QED) is 0.353. The van der Waals surface area contributed by atoms with Crippen LogP contribution >= 0.6 is 11.6 Å². The average Bonchev–Trinajstić information content (AvgIpc) is 3.67. The van der Waals surface area contributed by atoms with Gasteiger partial charge in [-0.1, -0.05) is 48.0 Å². The number of amides is 1. The van der Waals surface area contributed by atoms with E-state index in [1.807, 2.05) is 30.3 Å². The number of carbonyl (C=O) groups excluding carboxylic acids is 1. The van der Waals surface area contributed by atoms with Crippen LogP contribution < -0.4 is 10.1 Å². The summed E-state index contributed by atoms with van der Waals surface area (Å²) in [7, 11) is 1.59. The van der Waals surface area contributed by atoms with Crippen molar-refractivity contribution in [1.29, 1.82) is 0 Å². The molecule has 0 spiro atoms. The third-order valence-electron chi connectivity index (χ3n) is 7.10. The Morgan fingerprint density at radius 2 is 1.92 bits per heavy atom. The number of imidazole rings is 1. The molecule has 2 atom stereocenters. The zero-order valence-electron chi connectivity index (χ0n) is 20.6. The Kier molecular flexibility index (Phi) is 7.37. The van der Waals surface area contributed by atoms with Gasteiger partial charge in [0.15, 0.2) is 16.7 Å². The molecular weight excluding hydrogens is 524 g/mol. The molecule has 5 rings (SSSR count). The fraction of sp³-hybridized carbons (Fsp3) is 0.407. The summed E-state index contributed by atoms with van der Waals surface area (Å²) in [5, 5.41) is 3.15. The molecule has 11 heteroatoms. The van der Waals surface area contributed by atoms with Gasteiger partial charge in [0.05, 0.1) is 11.7 Å². The summed E-state index contributed by atoms with van der Waals surface area (Å²) >= 11 is 6.71. The molecule has 0 saturated heterocycles. The van der Waals surface area contributed by atoms with Crippen molar-refractivity contribution in [1.82, 2.24) is 19.8 Å². The Morgan fingerprint density at radius 3 is 2.55 bits per heavy atom. The van der Waals surface area contributed by atoms with Crippen molar-refractivity contribution in [3.63, 3.8) is 0 Å². The highest BCUT2D eigenvalue weighted by molar-refractivity contribution is 6.30. The molecule has 1 saturated carbocycles. The fourth-order valence-corrected chi connectivity index (χ4v) is 5.59. The van der Waals surface area contributed by atoms with Crippen molar-refractivity contribution in [3.8, 4) is 5.75 Å². The number of ether oxygens (including phenoxy) is 1. The first kappa shape index (κ1) is 26.5. The number of fused-ring (bicyclic) bond motifs is 1. The van der Waals surface area contributed by atoms with E-state index in [0.717, 1.165) is 42.1 Å². The van der Waals surface area contributed by atoms with Crippen molar-refractivity contribution in [2.45, 2.75) is 56.6 Å². The summed E-state index contributed by atoms with van der Waals surface area (Å²) in [6, 6.07) is 11.9. The van der Waals surface area contributed by atoms with E-state index in [1.54, 1.807) is 7.05 Å². The number of aryl methyl sites for hydroxylation is 1. The highest BCUT2D eigenvalue weighted by atomic mass is 35.5. The maximum atomic E-state index is 14.4. The van der Waals surface area contributed by atoms with E-state index < -0.39 is 24.0 Å². The second kappa shape index (κ2) is 10.6. The van der Waals surface area contributed by atoms with Gasteiger partial charge in [-0.25, -0.2) is 9.37 Å². The van der Waals surface area contributed by atoms with Gasteiger partial charge in [-0.15, -0.1) is 13.2 Å². The van der Waals surface area contributed by atoms with E-state index in [9.17, 15) is 22.4 Å². The Bertz CT molecular complexity index is 1310. The molecule has 2 heterocycles. The van der Waals surface area contributed by atoms with Crippen LogP contribution in [-0.4, -0.2) is 40.3 Å². The molecule has 1 amide bonds. The van der Waals surface area contributed by atoms with Crippen molar-refractivity contribution in [3.05, 3.63) is 82.1 Å². The van der Waals surface area contributed by atoms with E-state index in [1.165, 1.54) is 6.07 Å². The van der Waals surface area contributed by atoms with E-state index in [-0.39, 0.29) is 11.9 Å². The monoisotopic (exact) mass is 550 g/mol. The molecule has 0 bridgehead atoms. The van der Waals surface area contributed by atoms with Crippen LogP contribution in [0.2, 0.25) is 5.15 Å². The van der Waals surface area contributed by atoms with Crippen molar-refractivity contribution in [2.24, 2.45) is 0 Å². The lowest BCUT2D eigenvalue weighted by Crippen LogP contribution is -2.46. The number of rotatable bonds is 8. The minimum absolute atomic E-state index is 0.174. The van der Waals surface area contributed by atoms with Crippen molar-refractivity contribution >= 4 is 17.5 Å². The number of alkyl halides is 3. The number of nitrogens with zero attached hydrogens (tertiary/aromatic N) is 3. The van der Waals surface area contributed by atoms with Crippen LogP contribution in [0.5, 0.6) is 5.75 Å².